The summed E-state index contributed by atoms with van der Waals surface area (Å²) in [6.45, 7) is 1.84. The molecule has 162 valence electrons. The monoisotopic (exact) mass is 444 g/mol. The van der Waals surface area contributed by atoms with Crippen LogP contribution in [0.4, 0.5) is 5.88 Å². The summed E-state index contributed by atoms with van der Waals surface area (Å²) in [7, 11) is 3.05. The summed E-state index contributed by atoms with van der Waals surface area (Å²) < 4.78 is 20.9. The number of aromatic nitrogens is 1. The molecule has 1 N–H and O–H groups in total. The summed E-state index contributed by atoms with van der Waals surface area (Å²) in [6.07, 6.45) is 0.0135. The SMILES string of the molecule is CCOC(=O)c1c(-c2ccc(Cl)cc2)noc1NC(=O)Cc1ccc(OC)c(OC)c1. The number of anilines is 1. The fraction of sp³-hybridized carbons (Fsp3) is 0.227. The number of ether oxygens (including phenoxy) is 3. The van der Waals surface area contributed by atoms with Crippen molar-refractivity contribution in [3.63, 3.8) is 0 Å². The first-order valence-corrected chi connectivity index (χ1v) is 9.78. The third-order valence-electron chi connectivity index (χ3n) is 4.35. The molecule has 1 aromatic heterocycles. The van der Waals surface area contributed by atoms with Gasteiger partial charge < -0.3 is 18.7 Å². The molecular weight excluding hydrogens is 424 g/mol. The van der Waals surface area contributed by atoms with Crippen LogP contribution in [0.2, 0.25) is 5.02 Å². The molecule has 0 bridgehead atoms. The Labute approximate surface area is 184 Å². The minimum Gasteiger partial charge on any atom is -0.493 e. The predicted molar refractivity (Wildman–Crippen MR) is 115 cm³/mol. The van der Waals surface area contributed by atoms with Gasteiger partial charge in [-0.25, -0.2) is 4.79 Å². The van der Waals surface area contributed by atoms with Gasteiger partial charge in [0.1, 0.15) is 5.69 Å². The van der Waals surface area contributed by atoms with Crippen LogP contribution in [0.3, 0.4) is 0 Å². The van der Waals surface area contributed by atoms with E-state index in [1.54, 1.807) is 49.4 Å². The van der Waals surface area contributed by atoms with Crippen LogP contribution in [0.15, 0.2) is 47.0 Å². The van der Waals surface area contributed by atoms with Crippen molar-refractivity contribution in [1.29, 1.82) is 0 Å². The molecule has 2 aromatic carbocycles. The lowest BCUT2D eigenvalue weighted by Crippen LogP contribution is -2.17. The minimum atomic E-state index is -0.657. The number of esters is 1. The third-order valence-corrected chi connectivity index (χ3v) is 4.61. The number of amides is 1. The van der Waals surface area contributed by atoms with Crippen LogP contribution in [-0.2, 0) is 16.0 Å². The average Bonchev–Trinajstić information content (AvgIpc) is 3.17. The van der Waals surface area contributed by atoms with Gasteiger partial charge in [-0.05, 0) is 36.8 Å². The molecule has 8 nitrogen and oxygen atoms in total. The molecule has 0 aliphatic rings. The normalized spacial score (nSPS) is 10.5. The zero-order valence-corrected chi connectivity index (χ0v) is 18.0. The van der Waals surface area contributed by atoms with Crippen LogP contribution in [0.1, 0.15) is 22.8 Å². The Bertz CT molecular complexity index is 1080. The van der Waals surface area contributed by atoms with E-state index in [0.29, 0.717) is 27.6 Å². The first kappa shape index (κ1) is 22.2. The Morgan fingerprint density at radius 3 is 2.42 bits per heavy atom. The van der Waals surface area contributed by atoms with Gasteiger partial charge in [0.05, 0.1) is 27.2 Å². The number of carbonyl (C=O) groups excluding carboxylic acids is 2. The fourth-order valence-corrected chi connectivity index (χ4v) is 3.05. The maximum atomic E-state index is 12.6. The lowest BCUT2D eigenvalue weighted by atomic mass is 10.1. The summed E-state index contributed by atoms with van der Waals surface area (Å²) in [6, 6.07) is 11.9. The summed E-state index contributed by atoms with van der Waals surface area (Å²) >= 11 is 5.93. The van der Waals surface area contributed by atoms with Gasteiger partial charge in [0.25, 0.3) is 0 Å². The van der Waals surface area contributed by atoms with Crippen molar-refractivity contribution >= 4 is 29.4 Å². The van der Waals surface area contributed by atoms with E-state index >= 15 is 0 Å². The Kier molecular flexibility index (Phi) is 7.15. The Morgan fingerprint density at radius 2 is 1.77 bits per heavy atom. The standard InChI is InChI=1S/C22H21ClN2O6/c1-4-30-22(27)19-20(14-6-8-15(23)9-7-14)25-31-21(19)24-18(26)12-13-5-10-16(28-2)17(11-13)29-3/h5-11H,4,12H2,1-3H3,(H,24,26). The first-order valence-electron chi connectivity index (χ1n) is 9.40. The highest BCUT2D eigenvalue weighted by Gasteiger charge is 2.26. The van der Waals surface area contributed by atoms with Gasteiger partial charge in [0.2, 0.25) is 11.8 Å². The molecule has 9 heteroatoms. The van der Waals surface area contributed by atoms with Crippen molar-refractivity contribution in [3.05, 3.63) is 58.6 Å². The van der Waals surface area contributed by atoms with Crippen LogP contribution in [0.25, 0.3) is 11.3 Å². The summed E-state index contributed by atoms with van der Waals surface area (Å²) in [5, 5.41) is 7.09. The van der Waals surface area contributed by atoms with E-state index in [-0.39, 0.29) is 30.2 Å². The molecular formula is C22H21ClN2O6. The third kappa shape index (κ3) is 5.16. The van der Waals surface area contributed by atoms with E-state index < -0.39 is 11.9 Å². The van der Waals surface area contributed by atoms with Gasteiger partial charge >= 0.3 is 5.97 Å². The van der Waals surface area contributed by atoms with E-state index in [2.05, 4.69) is 10.5 Å². The topological polar surface area (TPSA) is 99.9 Å². The van der Waals surface area contributed by atoms with Crippen molar-refractivity contribution in [2.75, 3.05) is 26.1 Å². The number of nitrogens with one attached hydrogen (secondary N) is 1. The van der Waals surface area contributed by atoms with Crippen LogP contribution >= 0.6 is 11.6 Å². The van der Waals surface area contributed by atoms with Crippen molar-refractivity contribution in [1.82, 2.24) is 5.16 Å². The van der Waals surface area contributed by atoms with E-state index in [9.17, 15) is 9.59 Å². The fourth-order valence-electron chi connectivity index (χ4n) is 2.92. The van der Waals surface area contributed by atoms with E-state index in [4.69, 9.17) is 30.3 Å². The van der Waals surface area contributed by atoms with Crippen LogP contribution < -0.4 is 14.8 Å². The highest BCUT2D eigenvalue weighted by atomic mass is 35.5. The number of nitrogens with zero attached hydrogens (tertiary/aromatic N) is 1. The maximum Gasteiger partial charge on any atom is 0.346 e. The lowest BCUT2D eigenvalue weighted by Gasteiger charge is -2.09. The van der Waals surface area contributed by atoms with Gasteiger partial charge in [-0.3, -0.25) is 10.1 Å². The molecule has 0 fully saturated rings. The molecule has 0 saturated heterocycles. The van der Waals surface area contributed by atoms with Crippen LogP contribution in [0, 0.1) is 0 Å². The van der Waals surface area contributed by atoms with Gasteiger partial charge in [-0.2, -0.15) is 0 Å². The highest BCUT2D eigenvalue weighted by molar-refractivity contribution is 6.30. The smallest absolute Gasteiger partial charge is 0.346 e. The maximum absolute atomic E-state index is 12.6. The van der Waals surface area contributed by atoms with Crippen molar-refractivity contribution in [2.45, 2.75) is 13.3 Å². The molecule has 1 amide bonds. The molecule has 0 saturated carbocycles. The van der Waals surface area contributed by atoms with Crippen LogP contribution in [0.5, 0.6) is 11.5 Å². The number of halogens is 1. The van der Waals surface area contributed by atoms with E-state index in [1.807, 2.05) is 0 Å². The molecule has 1 heterocycles. The Morgan fingerprint density at radius 1 is 1.06 bits per heavy atom. The highest BCUT2D eigenvalue weighted by Crippen LogP contribution is 2.31. The molecule has 0 unspecified atom stereocenters. The van der Waals surface area contributed by atoms with Crippen molar-refractivity contribution < 1.29 is 28.3 Å². The molecule has 0 atom stereocenters. The second-order valence-corrected chi connectivity index (χ2v) is 6.81. The van der Waals surface area contributed by atoms with Crippen molar-refractivity contribution in [3.8, 4) is 22.8 Å². The summed E-state index contributed by atoms with van der Waals surface area (Å²) in [4.78, 5) is 25.2. The molecule has 3 aromatic rings. The number of hydrogen-bond donors (Lipinski definition) is 1. The number of hydrogen-bond acceptors (Lipinski definition) is 7. The number of rotatable bonds is 8. The number of methoxy groups -OCH3 is 2. The van der Waals surface area contributed by atoms with Gasteiger partial charge in [-0.1, -0.05) is 35.0 Å². The quantitative estimate of drug-likeness (QED) is 0.515. The molecule has 0 spiro atoms. The lowest BCUT2D eigenvalue weighted by molar-refractivity contribution is -0.115. The molecule has 0 aliphatic heterocycles. The summed E-state index contributed by atoms with van der Waals surface area (Å²) in [5.41, 5.74) is 1.56. The molecule has 3 rings (SSSR count). The van der Waals surface area contributed by atoms with Gasteiger partial charge in [0, 0.05) is 10.6 Å². The zero-order valence-electron chi connectivity index (χ0n) is 17.2. The Balaban J connectivity index is 1.86. The summed E-state index contributed by atoms with van der Waals surface area (Å²) in [5.74, 6) is -0.0932. The van der Waals surface area contributed by atoms with E-state index in [0.717, 1.165) is 0 Å². The van der Waals surface area contributed by atoms with Gasteiger partial charge in [0.15, 0.2) is 17.1 Å². The second-order valence-electron chi connectivity index (χ2n) is 6.38. The van der Waals surface area contributed by atoms with Gasteiger partial charge in [-0.15, -0.1) is 0 Å². The molecule has 0 aliphatic carbocycles. The number of carbonyl (C=O) groups is 2. The largest absolute Gasteiger partial charge is 0.493 e. The first-order chi connectivity index (χ1) is 15.0. The van der Waals surface area contributed by atoms with Crippen LogP contribution in [-0.4, -0.2) is 37.9 Å². The molecule has 0 radical (unpaired) electrons. The van der Waals surface area contributed by atoms with Crippen molar-refractivity contribution in [2.24, 2.45) is 0 Å². The average molecular weight is 445 g/mol. The second kappa shape index (κ2) is 9.99. The predicted octanol–water partition coefficient (Wildman–Crippen LogP) is 4.37. The zero-order chi connectivity index (χ0) is 22.4. The number of benzene rings is 2. The molecule has 31 heavy (non-hydrogen) atoms. The minimum absolute atomic E-state index is 0.0135. The Hall–Kier alpha value is -3.52. The van der Waals surface area contributed by atoms with E-state index in [1.165, 1.54) is 14.2 Å².